The van der Waals surface area contributed by atoms with Crippen molar-refractivity contribution in [2.45, 2.75) is 29.2 Å². The van der Waals surface area contributed by atoms with Crippen molar-refractivity contribution in [3.05, 3.63) is 109 Å². The van der Waals surface area contributed by atoms with Gasteiger partial charge in [-0.1, -0.05) is 46.7 Å². The quantitative estimate of drug-likeness (QED) is 0.238. The molecule has 1 saturated heterocycles. The number of hydrogen-bond donors (Lipinski definition) is 1. The van der Waals surface area contributed by atoms with Crippen molar-refractivity contribution in [3.63, 3.8) is 0 Å². The Bertz CT molecular complexity index is 1930. The summed E-state index contributed by atoms with van der Waals surface area (Å²) in [5, 5.41) is 4.51. The molecule has 3 heterocycles. The monoisotopic (exact) mass is 679 g/mol. The number of amides is 3. The van der Waals surface area contributed by atoms with Crippen molar-refractivity contribution in [3.8, 4) is 0 Å². The Morgan fingerprint density at radius 2 is 1.49 bits per heavy atom. The van der Waals surface area contributed by atoms with Crippen molar-refractivity contribution >= 4 is 75.4 Å². The van der Waals surface area contributed by atoms with Gasteiger partial charge in [0.15, 0.2) is 0 Å². The van der Waals surface area contributed by atoms with E-state index in [1.807, 2.05) is 0 Å². The number of thiazole rings is 1. The molecule has 7 nitrogen and oxygen atoms in total. The van der Waals surface area contributed by atoms with Crippen molar-refractivity contribution < 1.29 is 18.8 Å². The molecule has 12 heteroatoms. The van der Waals surface area contributed by atoms with Crippen LogP contribution in [0.1, 0.15) is 22.8 Å². The first-order valence-electron chi connectivity index (χ1n) is 14.5. The first-order valence-corrected chi connectivity index (χ1v) is 17.0. The summed E-state index contributed by atoms with van der Waals surface area (Å²) in [6.07, 6.45) is 0.720. The first-order chi connectivity index (χ1) is 21.7. The molecule has 3 aromatic carbocycles. The van der Waals surface area contributed by atoms with E-state index in [0.29, 0.717) is 26.4 Å². The van der Waals surface area contributed by atoms with E-state index in [1.54, 1.807) is 72.4 Å². The maximum Gasteiger partial charge on any atom is 0.308 e. The summed E-state index contributed by atoms with van der Waals surface area (Å²) >= 11 is 14.7. The second-order valence-electron chi connectivity index (χ2n) is 12.0. The van der Waals surface area contributed by atoms with Crippen molar-refractivity contribution in [1.29, 1.82) is 0 Å². The Morgan fingerprint density at radius 3 is 2.16 bits per heavy atom. The molecule has 7 atom stereocenters. The number of aromatic nitrogens is 1. The second kappa shape index (κ2) is 10.8. The molecule has 8 rings (SSSR count). The van der Waals surface area contributed by atoms with Gasteiger partial charge in [0.1, 0.15) is 12.4 Å². The Balaban J connectivity index is 1.17. The number of anilines is 2. The minimum atomic E-state index is -0.464. The molecule has 2 aliphatic heterocycles. The lowest BCUT2D eigenvalue weighted by Crippen LogP contribution is -2.43. The molecule has 3 amide bonds. The molecule has 0 radical (unpaired) electrons. The Morgan fingerprint density at radius 1 is 0.867 bits per heavy atom. The van der Waals surface area contributed by atoms with Crippen LogP contribution in [0.4, 0.5) is 15.8 Å². The second-order valence-corrected chi connectivity index (χ2v) is 15.0. The number of carbonyl (C=O) groups is 3. The van der Waals surface area contributed by atoms with Crippen LogP contribution in [0, 0.1) is 35.4 Å². The summed E-state index contributed by atoms with van der Waals surface area (Å²) in [5.74, 6) is -2.56. The molecule has 3 fully saturated rings. The van der Waals surface area contributed by atoms with Crippen LogP contribution in [0.5, 0.6) is 0 Å². The molecule has 0 unspecified atom stereocenters. The summed E-state index contributed by atoms with van der Waals surface area (Å²) in [6, 6.07) is 19.7. The van der Waals surface area contributed by atoms with Gasteiger partial charge in [-0.05, 0) is 90.4 Å². The first kappa shape index (κ1) is 29.0. The minimum absolute atomic E-state index is 0.0458. The van der Waals surface area contributed by atoms with Gasteiger partial charge in [0.25, 0.3) is 0 Å². The van der Waals surface area contributed by atoms with Gasteiger partial charge < -0.3 is 5.32 Å². The lowest BCUT2D eigenvalue weighted by atomic mass is 9.68. The Hall–Kier alpha value is -3.44. The van der Waals surface area contributed by atoms with E-state index in [0.717, 1.165) is 28.2 Å². The maximum absolute atomic E-state index is 14.1. The number of rotatable bonds is 5. The fourth-order valence-electron chi connectivity index (χ4n) is 8.02. The van der Waals surface area contributed by atoms with Gasteiger partial charge in [-0.3, -0.25) is 28.6 Å². The smallest absolute Gasteiger partial charge is 0.308 e. The number of imide groups is 1. The molecular formula is C33H24Cl2FN3O4S2. The van der Waals surface area contributed by atoms with Crippen LogP contribution >= 0.6 is 46.3 Å². The predicted octanol–water partition coefficient (Wildman–Crippen LogP) is 6.67. The van der Waals surface area contributed by atoms with E-state index in [9.17, 15) is 23.6 Å². The summed E-state index contributed by atoms with van der Waals surface area (Å²) in [5.41, 5.74) is 1.92. The fourth-order valence-corrected chi connectivity index (χ4v) is 11.4. The molecule has 2 bridgehead atoms. The van der Waals surface area contributed by atoms with Gasteiger partial charge in [0, 0.05) is 31.8 Å². The van der Waals surface area contributed by atoms with Gasteiger partial charge in [-0.2, -0.15) is 0 Å². The van der Waals surface area contributed by atoms with Crippen LogP contribution in [0.25, 0.3) is 0 Å². The summed E-state index contributed by atoms with van der Waals surface area (Å²) in [7, 11) is 0. The molecule has 2 saturated carbocycles. The maximum atomic E-state index is 14.1. The predicted molar refractivity (Wildman–Crippen MR) is 173 cm³/mol. The molecule has 228 valence electrons. The third-order valence-corrected chi connectivity index (χ3v) is 13.0. The lowest BCUT2D eigenvalue weighted by molar-refractivity contribution is -0.123. The number of thioether (sulfide) groups is 1. The van der Waals surface area contributed by atoms with Crippen molar-refractivity contribution in [1.82, 2.24) is 4.57 Å². The number of benzene rings is 3. The number of halogens is 3. The molecule has 1 N–H and O–H groups in total. The average molecular weight is 681 g/mol. The van der Waals surface area contributed by atoms with E-state index >= 15 is 0 Å². The highest BCUT2D eigenvalue weighted by Crippen LogP contribution is 2.69. The van der Waals surface area contributed by atoms with Crippen molar-refractivity contribution in [2.24, 2.45) is 29.6 Å². The van der Waals surface area contributed by atoms with Crippen molar-refractivity contribution in [2.75, 3.05) is 10.2 Å². The third-order valence-electron chi connectivity index (χ3n) is 9.69. The zero-order chi connectivity index (χ0) is 31.1. The molecule has 4 aliphatic rings. The normalized spacial score (nSPS) is 27.8. The van der Waals surface area contributed by atoms with E-state index in [-0.39, 0.29) is 63.9 Å². The zero-order valence-corrected chi connectivity index (χ0v) is 26.5. The standard InChI is InChI=1S/C33H24Cl2FN3O4S2/c34-16-3-9-19(10-4-16)37-23(40)14-38-32-29(45-33(38)43)24(15-1-7-18(36)8-2-15)25-21-13-22(28(25)44-32)27-26(21)30(41)39(31(27)42)20-11-5-17(35)6-12-20/h1-12,21-22,24-28H,13-14H2,(H,37,40)/t21-,22-,24-,25+,26-,27-,28+/m1/s1. The van der Waals surface area contributed by atoms with Crippen LogP contribution in [0.2, 0.25) is 10.0 Å². The number of nitrogens with one attached hydrogen (secondary N) is 1. The Labute approximate surface area is 275 Å². The van der Waals surface area contributed by atoms with Crippen LogP contribution in [0.3, 0.4) is 0 Å². The average Bonchev–Trinajstić information content (AvgIpc) is 3.74. The van der Waals surface area contributed by atoms with Crippen LogP contribution < -0.4 is 15.1 Å². The topological polar surface area (TPSA) is 88.5 Å². The fraction of sp³-hybridized carbons (Fsp3) is 0.273. The van der Waals surface area contributed by atoms with Crippen LogP contribution in [-0.2, 0) is 20.9 Å². The number of hydrogen-bond acceptors (Lipinski definition) is 6. The minimum Gasteiger partial charge on any atom is -0.325 e. The highest BCUT2D eigenvalue weighted by molar-refractivity contribution is 8.00. The van der Waals surface area contributed by atoms with Gasteiger partial charge >= 0.3 is 4.87 Å². The SMILES string of the molecule is O=C(Cn1c2c(sc1=O)[C@H](c1ccc(F)cc1)[C@@H]1[C@H]3C[C@@H]([C@@H]1S2)[C@H]1C(=O)N(c2ccc(Cl)cc2)C(=O)[C@H]31)Nc1ccc(Cl)cc1. The summed E-state index contributed by atoms with van der Waals surface area (Å²) < 4.78 is 15.6. The van der Waals surface area contributed by atoms with E-state index in [4.69, 9.17) is 23.2 Å². The largest absolute Gasteiger partial charge is 0.325 e. The number of carbonyl (C=O) groups excluding carboxylic acids is 3. The van der Waals surface area contributed by atoms with Crippen LogP contribution in [-0.4, -0.2) is 27.5 Å². The molecule has 1 aromatic heterocycles. The molecule has 45 heavy (non-hydrogen) atoms. The van der Waals surface area contributed by atoms with Gasteiger partial charge in [0.2, 0.25) is 17.7 Å². The Kier molecular flexibility index (Phi) is 6.98. The molecule has 0 spiro atoms. The summed E-state index contributed by atoms with van der Waals surface area (Å²) in [4.78, 5) is 56.3. The van der Waals surface area contributed by atoms with Gasteiger partial charge in [0.05, 0.1) is 22.5 Å². The van der Waals surface area contributed by atoms with E-state index in [2.05, 4.69) is 5.32 Å². The highest BCUT2D eigenvalue weighted by atomic mass is 35.5. The third kappa shape index (κ3) is 4.60. The molecular weight excluding hydrogens is 656 g/mol. The van der Waals surface area contributed by atoms with E-state index in [1.165, 1.54) is 21.6 Å². The molecule has 2 aliphatic carbocycles. The van der Waals surface area contributed by atoms with Gasteiger partial charge in [-0.25, -0.2) is 4.39 Å². The van der Waals surface area contributed by atoms with E-state index < -0.39 is 11.8 Å². The summed E-state index contributed by atoms with van der Waals surface area (Å²) in [6.45, 7) is -0.185. The number of nitrogens with zero attached hydrogens (tertiary/aromatic N) is 2. The number of fused-ring (bicyclic) bond motifs is 9. The lowest BCUT2D eigenvalue weighted by Gasteiger charge is -2.43. The molecule has 4 aromatic rings. The van der Waals surface area contributed by atoms with Gasteiger partial charge in [-0.15, -0.1) is 11.8 Å². The zero-order valence-electron chi connectivity index (χ0n) is 23.4. The van der Waals surface area contributed by atoms with Crippen LogP contribution in [0.15, 0.2) is 82.6 Å². The highest BCUT2D eigenvalue weighted by Gasteiger charge is 2.69.